The smallest absolute Gasteiger partial charge is 0.325 e. The molecular formula is C13H22N4O8. The Bertz CT molecular complexity index is 538. The van der Waals surface area contributed by atoms with Crippen molar-refractivity contribution >= 4 is 29.7 Å². The highest BCUT2D eigenvalue weighted by Gasteiger charge is 2.27. The maximum Gasteiger partial charge on any atom is 0.325 e. The van der Waals surface area contributed by atoms with E-state index in [1.807, 2.05) is 0 Å². The first-order valence-electron chi connectivity index (χ1n) is 7.21. The van der Waals surface area contributed by atoms with Gasteiger partial charge in [-0.25, -0.2) is 0 Å². The van der Waals surface area contributed by atoms with Gasteiger partial charge in [-0.15, -0.1) is 0 Å². The second kappa shape index (κ2) is 10.2. The molecule has 0 aliphatic carbocycles. The molecule has 12 heteroatoms. The van der Waals surface area contributed by atoms with Gasteiger partial charge in [0.05, 0.1) is 19.1 Å². The molecule has 0 aliphatic rings. The molecule has 0 bridgehead atoms. The fourth-order valence-electron chi connectivity index (χ4n) is 1.53. The summed E-state index contributed by atoms with van der Waals surface area (Å²) in [6.07, 6.45) is -0.630. The normalized spacial score (nSPS) is 15.2. The number of hydrogen-bond donors (Lipinski definition) is 7. The van der Waals surface area contributed by atoms with E-state index in [1.165, 1.54) is 13.8 Å². The zero-order chi connectivity index (χ0) is 19.7. The molecule has 142 valence electrons. The van der Waals surface area contributed by atoms with Gasteiger partial charge in [0, 0.05) is 0 Å². The lowest BCUT2D eigenvalue weighted by atomic mass is 10.2. The van der Waals surface area contributed by atoms with Crippen molar-refractivity contribution in [3.8, 4) is 0 Å². The third kappa shape index (κ3) is 8.08. The largest absolute Gasteiger partial charge is 0.481 e. The quantitative estimate of drug-likeness (QED) is 0.204. The highest BCUT2D eigenvalue weighted by atomic mass is 16.4. The summed E-state index contributed by atoms with van der Waals surface area (Å²) in [4.78, 5) is 56.5. The lowest BCUT2D eigenvalue weighted by Crippen LogP contribution is -2.57. The Hall–Kier alpha value is -2.73. The van der Waals surface area contributed by atoms with Crippen molar-refractivity contribution < 1.29 is 39.3 Å². The van der Waals surface area contributed by atoms with Crippen LogP contribution in [0.1, 0.15) is 20.3 Å². The van der Waals surface area contributed by atoms with Crippen molar-refractivity contribution in [1.29, 1.82) is 0 Å². The number of hydrogen-bond acceptors (Lipinski definition) is 7. The van der Waals surface area contributed by atoms with E-state index >= 15 is 0 Å². The Kier molecular flexibility index (Phi) is 9.09. The van der Waals surface area contributed by atoms with Crippen LogP contribution in [0.4, 0.5) is 0 Å². The van der Waals surface area contributed by atoms with Gasteiger partial charge >= 0.3 is 11.9 Å². The Morgan fingerprint density at radius 2 is 1.40 bits per heavy atom. The Morgan fingerprint density at radius 1 is 0.880 bits per heavy atom. The first kappa shape index (κ1) is 22.3. The van der Waals surface area contributed by atoms with E-state index in [0.717, 1.165) is 0 Å². The zero-order valence-corrected chi connectivity index (χ0v) is 13.7. The van der Waals surface area contributed by atoms with Crippen LogP contribution in [-0.2, 0) is 24.0 Å². The highest BCUT2D eigenvalue weighted by Crippen LogP contribution is 1.93. The second-order valence-corrected chi connectivity index (χ2v) is 5.25. The van der Waals surface area contributed by atoms with Crippen molar-refractivity contribution in [2.75, 3.05) is 6.61 Å². The number of carboxylic acids is 2. The lowest BCUT2D eigenvalue weighted by molar-refractivity contribution is -0.142. The fraction of sp³-hybridized carbons (Fsp3) is 0.615. The number of aliphatic hydroxyl groups excluding tert-OH is 1. The van der Waals surface area contributed by atoms with E-state index in [2.05, 4.69) is 16.0 Å². The summed E-state index contributed by atoms with van der Waals surface area (Å²) in [6.45, 7) is 1.65. The van der Waals surface area contributed by atoms with Crippen LogP contribution in [-0.4, -0.2) is 75.8 Å². The molecule has 25 heavy (non-hydrogen) atoms. The molecule has 3 amide bonds. The van der Waals surface area contributed by atoms with Gasteiger partial charge in [0.25, 0.3) is 0 Å². The van der Waals surface area contributed by atoms with Crippen LogP contribution in [0, 0.1) is 0 Å². The van der Waals surface area contributed by atoms with E-state index < -0.39 is 66.9 Å². The first-order valence-corrected chi connectivity index (χ1v) is 7.21. The molecule has 0 fully saturated rings. The van der Waals surface area contributed by atoms with Gasteiger partial charge in [-0.2, -0.15) is 0 Å². The number of carbonyl (C=O) groups is 5. The summed E-state index contributed by atoms with van der Waals surface area (Å²) in [7, 11) is 0. The van der Waals surface area contributed by atoms with Gasteiger partial charge in [0.1, 0.15) is 18.1 Å². The average Bonchev–Trinajstić information content (AvgIpc) is 2.50. The molecule has 8 N–H and O–H groups in total. The number of carboxylic acid groups (broad SMARTS) is 2. The van der Waals surface area contributed by atoms with Crippen LogP contribution in [0.3, 0.4) is 0 Å². The fourth-order valence-corrected chi connectivity index (χ4v) is 1.53. The van der Waals surface area contributed by atoms with Gasteiger partial charge in [-0.1, -0.05) is 0 Å². The molecule has 0 radical (unpaired) electrons. The van der Waals surface area contributed by atoms with Crippen LogP contribution >= 0.6 is 0 Å². The maximum atomic E-state index is 11.9. The number of nitrogens with one attached hydrogen (secondary N) is 3. The number of rotatable bonds is 10. The summed E-state index contributed by atoms with van der Waals surface area (Å²) in [6, 6.07) is -5.20. The minimum absolute atomic E-state index is 0.630. The predicted octanol–water partition coefficient (Wildman–Crippen LogP) is -3.64. The van der Waals surface area contributed by atoms with Gasteiger partial charge < -0.3 is 37.0 Å². The Labute approximate surface area is 142 Å². The molecule has 0 rings (SSSR count). The summed E-state index contributed by atoms with van der Waals surface area (Å²) < 4.78 is 0. The van der Waals surface area contributed by atoms with Gasteiger partial charge in [-0.3, -0.25) is 24.0 Å². The summed E-state index contributed by atoms with van der Waals surface area (Å²) in [5, 5.41) is 32.8. The SMILES string of the molecule is CC(NC(=O)C(CO)NC(=O)C(C)NC(=O)C(N)CC(=O)O)C(=O)O. The van der Waals surface area contributed by atoms with Crippen molar-refractivity contribution in [2.45, 2.75) is 44.4 Å². The second-order valence-electron chi connectivity index (χ2n) is 5.25. The number of nitrogens with two attached hydrogens (primary N) is 1. The van der Waals surface area contributed by atoms with E-state index in [1.54, 1.807) is 0 Å². The van der Waals surface area contributed by atoms with Crippen molar-refractivity contribution in [1.82, 2.24) is 16.0 Å². The molecule has 0 aromatic rings. The topological polar surface area (TPSA) is 208 Å². The molecule has 0 spiro atoms. The average molecular weight is 362 g/mol. The van der Waals surface area contributed by atoms with Gasteiger partial charge in [0.15, 0.2) is 0 Å². The molecule has 0 saturated carbocycles. The standard InChI is InChI=1S/C13H22N4O8/c1-5(15-11(22)7(14)3-9(19)20)10(21)17-8(4-18)12(23)16-6(2)13(24)25/h5-8,18H,3-4,14H2,1-2H3,(H,15,22)(H,16,23)(H,17,21)(H,19,20)(H,24,25). The number of aliphatic carboxylic acids is 2. The lowest BCUT2D eigenvalue weighted by Gasteiger charge is -2.21. The van der Waals surface area contributed by atoms with Crippen LogP contribution < -0.4 is 21.7 Å². The Morgan fingerprint density at radius 3 is 1.84 bits per heavy atom. The minimum atomic E-state index is -1.43. The minimum Gasteiger partial charge on any atom is -0.481 e. The number of amides is 3. The molecule has 0 saturated heterocycles. The highest BCUT2D eigenvalue weighted by molar-refractivity contribution is 5.94. The van der Waals surface area contributed by atoms with E-state index in [4.69, 9.17) is 21.1 Å². The van der Waals surface area contributed by atoms with Crippen molar-refractivity contribution in [2.24, 2.45) is 5.73 Å². The van der Waals surface area contributed by atoms with Gasteiger partial charge in [-0.05, 0) is 13.8 Å². The van der Waals surface area contributed by atoms with Crippen LogP contribution in [0.15, 0.2) is 0 Å². The van der Waals surface area contributed by atoms with Crippen LogP contribution in [0.2, 0.25) is 0 Å². The van der Waals surface area contributed by atoms with Crippen LogP contribution in [0.5, 0.6) is 0 Å². The number of carbonyl (C=O) groups excluding carboxylic acids is 3. The van der Waals surface area contributed by atoms with E-state index in [-0.39, 0.29) is 0 Å². The van der Waals surface area contributed by atoms with Gasteiger partial charge in [0.2, 0.25) is 17.7 Å². The van der Waals surface area contributed by atoms with Crippen LogP contribution in [0.25, 0.3) is 0 Å². The number of aliphatic hydroxyl groups is 1. The van der Waals surface area contributed by atoms with E-state index in [9.17, 15) is 24.0 Å². The summed E-state index contributed by atoms with van der Waals surface area (Å²) >= 11 is 0. The molecule has 0 aromatic carbocycles. The molecule has 0 heterocycles. The molecule has 4 unspecified atom stereocenters. The molecular weight excluding hydrogens is 340 g/mol. The van der Waals surface area contributed by atoms with Crippen molar-refractivity contribution in [3.63, 3.8) is 0 Å². The van der Waals surface area contributed by atoms with E-state index in [0.29, 0.717) is 0 Å². The molecule has 12 nitrogen and oxygen atoms in total. The Balaban J connectivity index is 4.66. The first-order chi connectivity index (χ1) is 11.5. The third-order valence-corrected chi connectivity index (χ3v) is 3.03. The molecule has 0 aromatic heterocycles. The predicted molar refractivity (Wildman–Crippen MR) is 82.1 cm³/mol. The molecule has 0 aliphatic heterocycles. The zero-order valence-electron chi connectivity index (χ0n) is 13.7. The maximum absolute atomic E-state index is 11.9. The summed E-state index contributed by atoms with van der Waals surface area (Å²) in [5.41, 5.74) is 5.34. The van der Waals surface area contributed by atoms with Crippen molar-refractivity contribution in [3.05, 3.63) is 0 Å². The molecule has 4 atom stereocenters. The monoisotopic (exact) mass is 362 g/mol. The third-order valence-electron chi connectivity index (χ3n) is 3.03. The summed E-state index contributed by atoms with van der Waals surface area (Å²) in [5.74, 6) is -5.25.